The standard InChI is InChI=1S/C70H124NO8P/c1-3-5-7-9-11-13-15-17-19-21-23-25-27-29-31-32-33-34-35-37-38-40-42-44-46-48-50-52-54-56-58-60-62-69(72)76-66-68(67-78-80(74,75)77-65-64-71)79-70(73)63-61-59-57-55-53-51-49-47-45-43-41-39-36-30-28-26-24-22-20-18-16-14-12-10-8-6-4-2/h6,8,12,14,18,20,24,26,30,36,41,43,47,49,53,55,68H,3-5,7,9-11,13,15-17,19,21-23,25,27-29,31-35,37-40,42,44-46,48,50-52,54,56-67,71H2,1-2H3,(H,74,75)/b8-6-,14-12-,20-18-,26-24-,36-30-,43-41-,49-47-,55-53-. The quantitative estimate of drug-likeness (QED) is 0.0264. The highest BCUT2D eigenvalue weighted by Crippen LogP contribution is 2.43. The maximum atomic E-state index is 12.7. The molecule has 0 aromatic heterocycles. The number of carbonyl (C=O) groups is 2. The molecule has 0 fully saturated rings. The van der Waals surface area contributed by atoms with Crippen LogP contribution in [0.25, 0.3) is 0 Å². The first kappa shape index (κ1) is 76.9. The molecule has 462 valence electrons. The summed E-state index contributed by atoms with van der Waals surface area (Å²) in [7, 11) is -4.41. The summed E-state index contributed by atoms with van der Waals surface area (Å²) in [5, 5.41) is 0. The maximum Gasteiger partial charge on any atom is 0.472 e. The molecule has 0 aromatic carbocycles. The third kappa shape index (κ3) is 64.1. The molecule has 0 amide bonds. The summed E-state index contributed by atoms with van der Waals surface area (Å²) >= 11 is 0. The number of allylic oxidation sites excluding steroid dienone is 16. The molecule has 0 saturated heterocycles. The summed E-state index contributed by atoms with van der Waals surface area (Å²) in [6.07, 6.45) is 87.9. The number of rotatable bonds is 62. The zero-order valence-electron chi connectivity index (χ0n) is 51.8. The molecule has 0 aliphatic rings. The molecule has 0 spiro atoms. The Hall–Kier alpha value is -3.07. The zero-order valence-corrected chi connectivity index (χ0v) is 52.7. The molecule has 0 rings (SSSR count). The minimum Gasteiger partial charge on any atom is -0.462 e. The van der Waals surface area contributed by atoms with E-state index >= 15 is 0 Å². The van der Waals surface area contributed by atoms with Crippen LogP contribution in [0.4, 0.5) is 0 Å². The van der Waals surface area contributed by atoms with E-state index in [-0.39, 0.29) is 32.6 Å². The molecule has 0 heterocycles. The molecule has 10 heteroatoms. The Balaban J connectivity index is 3.96. The first-order chi connectivity index (χ1) is 39.3. The SMILES string of the molecule is CC/C=C\C/C=C\C/C=C\C/C=C\C/C=C\C/C=C\C/C=C\C/C=C\CCCCC(=O)OC(COC(=O)CCCCCCCCCCCCCCCCCCCCCCCCCCCCCCCCCC)COP(=O)(O)OCCN. The van der Waals surface area contributed by atoms with E-state index in [1.165, 1.54) is 186 Å². The molecule has 0 aromatic rings. The predicted octanol–water partition coefficient (Wildman–Crippen LogP) is 21.6. The molecule has 3 N–H and O–H groups in total. The molecular formula is C70H124NO8P. The van der Waals surface area contributed by atoms with Crippen molar-refractivity contribution in [2.75, 3.05) is 26.4 Å². The second-order valence-electron chi connectivity index (χ2n) is 22.0. The highest BCUT2D eigenvalue weighted by molar-refractivity contribution is 7.47. The van der Waals surface area contributed by atoms with Crippen molar-refractivity contribution >= 4 is 19.8 Å². The molecule has 9 nitrogen and oxygen atoms in total. The lowest BCUT2D eigenvalue weighted by molar-refractivity contribution is -0.161. The normalized spacial score (nSPS) is 13.6. The highest BCUT2D eigenvalue weighted by atomic mass is 31.2. The Labute approximate surface area is 493 Å². The van der Waals surface area contributed by atoms with Crippen molar-refractivity contribution in [2.24, 2.45) is 5.73 Å². The van der Waals surface area contributed by atoms with Crippen molar-refractivity contribution in [2.45, 2.75) is 309 Å². The van der Waals surface area contributed by atoms with Gasteiger partial charge in [-0.2, -0.15) is 0 Å². The van der Waals surface area contributed by atoms with Crippen LogP contribution in [0.1, 0.15) is 303 Å². The van der Waals surface area contributed by atoms with Gasteiger partial charge in [0.25, 0.3) is 0 Å². The van der Waals surface area contributed by atoms with Crippen LogP contribution in [0.2, 0.25) is 0 Å². The number of nitrogens with two attached hydrogens (primary N) is 1. The first-order valence-electron chi connectivity index (χ1n) is 33.2. The van der Waals surface area contributed by atoms with Crippen LogP contribution in [-0.4, -0.2) is 49.3 Å². The fourth-order valence-electron chi connectivity index (χ4n) is 9.36. The van der Waals surface area contributed by atoms with Gasteiger partial charge in [-0.3, -0.25) is 18.6 Å². The van der Waals surface area contributed by atoms with Crippen LogP contribution >= 0.6 is 7.82 Å². The Morgan fingerprint density at radius 1 is 0.388 bits per heavy atom. The van der Waals surface area contributed by atoms with Crippen molar-refractivity contribution in [1.82, 2.24) is 0 Å². The second kappa shape index (κ2) is 65.1. The smallest absolute Gasteiger partial charge is 0.462 e. The van der Waals surface area contributed by atoms with Gasteiger partial charge in [-0.15, -0.1) is 0 Å². The second-order valence-corrected chi connectivity index (χ2v) is 23.4. The molecule has 2 atom stereocenters. The van der Waals surface area contributed by atoms with E-state index in [1.54, 1.807) is 0 Å². The van der Waals surface area contributed by atoms with Crippen LogP contribution < -0.4 is 5.73 Å². The third-order valence-corrected chi connectivity index (χ3v) is 15.2. The van der Waals surface area contributed by atoms with E-state index in [1.807, 2.05) is 0 Å². The van der Waals surface area contributed by atoms with Gasteiger partial charge in [0.1, 0.15) is 6.61 Å². The van der Waals surface area contributed by atoms with Crippen molar-refractivity contribution in [1.29, 1.82) is 0 Å². The summed E-state index contributed by atoms with van der Waals surface area (Å²) in [6, 6.07) is 0. The topological polar surface area (TPSA) is 134 Å². The van der Waals surface area contributed by atoms with Gasteiger partial charge in [-0.05, 0) is 77.0 Å². The van der Waals surface area contributed by atoms with Crippen LogP contribution in [0.5, 0.6) is 0 Å². The summed E-state index contributed by atoms with van der Waals surface area (Å²) in [6.45, 7) is 3.61. The third-order valence-electron chi connectivity index (χ3n) is 14.2. The zero-order chi connectivity index (χ0) is 58.0. The van der Waals surface area contributed by atoms with Crippen molar-refractivity contribution in [3.63, 3.8) is 0 Å². The monoisotopic (exact) mass is 1140 g/mol. The minimum absolute atomic E-state index is 0.0423. The fourth-order valence-corrected chi connectivity index (χ4v) is 10.1. The number of esters is 2. The summed E-state index contributed by atoms with van der Waals surface area (Å²) in [5.74, 6) is -0.874. The molecular weight excluding hydrogens is 1010 g/mol. The average Bonchev–Trinajstić information content (AvgIpc) is 3.45. The van der Waals surface area contributed by atoms with Crippen LogP contribution in [-0.2, 0) is 32.7 Å². The lowest BCUT2D eigenvalue weighted by atomic mass is 10.0. The predicted molar refractivity (Wildman–Crippen MR) is 344 cm³/mol. The Morgan fingerprint density at radius 3 is 1.02 bits per heavy atom. The van der Waals surface area contributed by atoms with Crippen molar-refractivity contribution in [3.8, 4) is 0 Å². The van der Waals surface area contributed by atoms with Gasteiger partial charge in [-0.25, -0.2) is 4.57 Å². The van der Waals surface area contributed by atoms with Crippen molar-refractivity contribution in [3.05, 3.63) is 97.2 Å². The van der Waals surface area contributed by atoms with Gasteiger partial charge in [0.05, 0.1) is 13.2 Å². The Morgan fingerprint density at radius 2 is 0.688 bits per heavy atom. The Bertz CT molecular complexity index is 1630. The summed E-state index contributed by atoms with van der Waals surface area (Å²) in [4.78, 5) is 35.3. The number of phosphoric ester groups is 1. The first-order valence-corrected chi connectivity index (χ1v) is 34.7. The van der Waals surface area contributed by atoms with E-state index < -0.39 is 32.5 Å². The van der Waals surface area contributed by atoms with Crippen LogP contribution in [0.15, 0.2) is 97.2 Å². The van der Waals surface area contributed by atoms with Gasteiger partial charge in [0.15, 0.2) is 6.10 Å². The number of hydrogen-bond acceptors (Lipinski definition) is 8. The number of phosphoric acid groups is 1. The van der Waals surface area contributed by atoms with E-state index in [0.717, 1.165) is 83.5 Å². The molecule has 0 aliphatic carbocycles. The molecule has 0 aliphatic heterocycles. The fraction of sp³-hybridized carbons (Fsp3) is 0.743. The van der Waals surface area contributed by atoms with Crippen LogP contribution in [0.3, 0.4) is 0 Å². The molecule has 0 radical (unpaired) electrons. The minimum atomic E-state index is -4.41. The van der Waals surface area contributed by atoms with Crippen molar-refractivity contribution < 1.29 is 37.6 Å². The number of carbonyl (C=O) groups excluding carboxylic acids is 2. The van der Waals surface area contributed by atoms with E-state index in [0.29, 0.717) is 6.42 Å². The lowest BCUT2D eigenvalue weighted by Crippen LogP contribution is -2.29. The maximum absolute atomic E-state index is 12.7. The molecule has 0 saturated carbocycles. The van der Waals surface area contributed by atoms with E-state index in [9.17, 15) is 19.0 Å². The lowest BCUT2D eigenvalue weighted by Gasteiger charge is -2.19. The number of unbranched alkanes of at least 4 members (excludes halogenated alkanes) is 33. The summed E-state index contributed by atoms with van der Waals surface area (Å²) < 4.78 is 33.1. The van der Waals surface area contributed by atoms with Gasteiger partial charge in [0, 0.05) is 19.4 Å². The van der Waals surface area contributed by atoms with E-state index in [4.69, 9.17) is 24.3 Å². The van der Waals surface area contributed by atoms with Gasteiger partial charge in [0.2, 0.25) is 0 Å². The number of ether oxygens (including phenoxy) is 2. The molecule has 0 bridgehead atoms. The van der Waals surface area contributed by atoms with Gasteiger partial charge in [-0.1, -0.05) is 310 Å². The Kier molecular flexibility index (Phi) is 62.6. The highest BCUT2D eigenvalue weighted by Gasteiger charge is 2.26. The van der Waals surface area contributed by atoms with Gasteiger partial charge < -0.3 is 20.1 Å². The largest absolute Gasteiger partial charge is 0.472 e. The van der Waals surface area contributed by atoms with Gasteiger partial charge >= 0.3 is 19.8 Å². The molecule has 80 heavy (non-hydrogen) atoms. The summed E-state index contributed by atoms with van der Waals surface area (Å²) in [5.41, 5.74) is 5.39. The number of hydrogen-bond donors (Lipinski definition) is 2. The van der Waals surface area contributed by atoms with E-state index in [2.05, 4.69) is 111 Å². The van der Waals surface area contributed by atoms with Crippen LogP contribution in [0, 0.1) is 0 Å². The average molecular weight is 1140 g/mol. The molecule has 2 unspecified atom stereocenters.